The second-order valence-corrected chi connectivity index (χ2v) is 8.77. The maximum Gasteiger partial charge on any atom is 0.224 e. The van der Waals surface area contributed by atoms with E-state index >= 15 is 0 Å². The largest absolute Gasteiger partial charge is 0.356 e. The molecule has 158 valence electrons. The lowest BCUT2D eigenvalue weighted by molar-refractivity contribution is -0.120. The van der Waals surface area contributed by atoms with Crippen LogP contribution in [0.3, 0.4) is 0 Å². The third kappa shape index (κ3) is 5.54. The molecule has 4 rings (SSSR count). The predicted octanol–water partition coefficient (Wildman–Crippen LogP) is 5.79. The molecular formula is C25H23BrClN3O. The van der Waals surface area contributed by atoms with Gasteiger partial charge in [-0.3, -0.25) is 4.79 Å². The molecule has 0 radical (unpaired) electrons. The molecule has 4 aromatic rings. The fourth-order valence-corrected chi connectivity index (χ4v) is 4.08. The van der Waals surface area contributed by atoms with E-state index in [-0.39, 0.29) is 5.91 Å². The van der Waals surface area contributed by atoms with E-state index in [4.69, 9.17) is 16.6 Å². The first-order chi connectivity index (χ1) is 15.1. The Hall–Kier alpha value is -2.63. The molecule has 0 aliphatic heterocycles. The van der Waals surface area contributed by atoms with Crippen molar-refractivity contribution in [2.45, 2.75) is 25.8 Å². The zero-order chi connectivity index (χ0) is 21.6. The molecular weight excluding hydrogens is 474 g/mol. The lowest BCUT2D eigenvalue weighted by Gasteiger charge is -2.10. The second-order valence-electron chi connectivity index (χ2n) is 7.45. The molecule has 0 saturated heterocycles. The van der Waals surface area contributed by atoms with Crippen molar-refractivity contribution in [1.82, 2.24) is 14.9 Å². The van der Waals surface area contributed by atoms with Gasteiger partial charge in [-0.2, -0.15) is 0 Å². The van der Waals surface area contributed by atoms with Gasteiger partial charge >= 0.3 is 0 Å². The van der Waals surface area contributed by atoms with Gasteiger partial charge in [0.1, 0.15) is 5.82 Å². The van der Waals surface area contributed by atoms with Crippen LogP contribution in [0.2, 0.25) is 5.02 Å². The molecule has 6 heteroatoms. The van der Waals surface area contributed by atoms with E-state index in [2.05, 4.69) is 56.1 Å². The highest BCUT2D eigenvalue weighted by Gasteiger charge is 2.11. The van der Waals surface area contributed by atoms with Crippen molar-refractivity contribution in [2.75, 3.05) is 6.54 Å². The van der Waals surface area contributed by atoms with Gasteiger partial charge in [0, 0.05) is 29.0 Å². The van der Waals surface area contributed by atoms with Crippen molar-refractivity contribution >= 4 is 44.5 Å². The van der Waals surface area contributed by atoms with E-state index in [1.54, 1.807) is 6.07 Å². The number of para-hydroxylation sites is 2. The van der Waals surface area contributed by atoms with Gasteiger partial charge in [-0.25, -0.2) is 4.98 Å². The number of amides is 1. The number of hydrogen-bond acceptors (Lipinski definition) is 2. The number of imidazole rings is 1. The minimum atomic E-state index is -0.0172. The van der Waals surface area contributed by atoms with E-state index in [9.17, 15) is 4.79 Å². The number of hydrogen-bond donors (Lipinski definition) is 1. The molecule has 0 fully saturated rings. The van der Waals surface area contributed by atoms with E-state index in [1.165, 1.54) is 5.56 Å². The van der Waals surface area contributed by atoms with E-state index in [0.717, 1.165) is 46.3 Å². The van der Waals surface area contributed by atoms with E-state index < -0.39 is 0 Å². The Balaban J connectivity index is 1.39. The van der Waals surface area contributed by atoms with Crippen LogP contribution < -0.4 is 5.32 Å². The van der Waals surface area contributed by atoms with Gasteiger partial charge in [-0.15, -0.1) is 0 Å². The predicted molar refractivity (Wildman–Crippen MR) is 129 cm³/mol. The van der Waals surface area contributed by atoms with Crippen LogP contribution in [0.25, 0.3) is 11.0 Å². The molecule has 31 heavy (non-hydrogen) atoms. The maximum absolute atomic E-state index is 12.3. The van der Waals surface area contributed by atoms with Crippen molar-refractivity contribution in [3.8, 4) is 0 Å². The number of rotatable bonds is 8. The first-order valence-corrected chi connectivity index (χ1v) is 11.5. The molecule has 0 spiro atoms. The minimum absolute atomic E-state index is 0.0172. The van der Waals surface area contributed by atoms with Crippen LogP contribution in [0.15, 0.2) is 77.3 Å². The molecule has 1 aromatic heterocycles. The average Bonchev–Trinajstić information content (AvgIpc) is 3.12. The number of carbonyl (C=O) groups excluding carboxylic acids is 1. The second kappa shape index (κ2) is 10.1. The van der Waals surface area contributed by atoms with E-state index in [1.807, 2.05) is 36.4 Å². The number of aromatic nitrogens is 2. The third-order valence-corrected chi connectivity index (χ3v) is 6.09. The Kier molecular flexibility index (Phi) is 7.05. The summed E-state index contributed by atoms with van der Waals surface area (Å²) in [5, 5.41) is 3.62. The number of fused-ring (bicyclic) bond motifs is 1. The molecule has 0 atom stereocenters. The molecule has 0 saturated carbocycles. The van der Waals surface area contributed by atoms with Crippen LogP contribution >= 0.6 is 27.5 Å². The molecule has 1 heterocycles. The van der Waals surface area contributed by atoms with Crippen molar-refractivity contribution in [3.63, 3.8) is 0 Å². The summed E-state index contributed by atoms with van der Waals surface area (Å²) in [6.07, 6.45) is 1.90. The number of benzene rings is 3. The van der Waals surface area contributed by atoms with Crippen LogP contribution in [0.5, 0.6) is 0 Å². The summed E-state index contributed by atoms with van der Waals surface area (Å²) in [6, 6.07) is 24.0. The van der Waals surface area contributed by atoms with Gasteiger partial charge < -0.3 is 9.88 Å². The Bertz CT molecular complexity index is 1190. The van der Waals surface area contributed by atoms with Gasteiger partial charge in [-0.1, -0.05) is 70.0 Å². The highest BCUT2D eigenvalue weighted by molar-refractivity contribution is 9.10. The number of halogens is 2. The lowest BCUT2D eigenvalue weighted by Crippen LogP contribution is -2.26. The van der Waals surface area contributed by atoms with Crippen LogP contribution in [-0.2, 0) is 24.2 Å². The maximum atomic E-state index is 12.3. The SMILES string of the molecule is O=C(Cc1ccccc1Cl)NCCCc1nc2ccccc2n1Cc1ccc(Br)cc1. The fourth-order valence-electron chi connectivity index (χ4n) is 3.62. The molecule has 0 bridgehead atoms. The zero-order valence-corrected chi connectivity index (χ0v) is 19.4. The number of nitrogens with one attached hydrogen (secondary N) is 1. The molecule has 0 aliphatic rings. The lowest BCUT2D eigenvalue weighted by atomic mass is 10.1. The third-order valence-electron chi connectivity index (χ3n) is 5.20. The topological polar surface area (TPSA) is 46.9 Å². The van der Waals surface area contributed by atoms with Gasteiger partial charge in [-0.05, 0) is 47.9 Å². The van der Waals surface area contributed by atoms with Crippen molar-refractivity contribution in [1.29, 1.82) is 0 Å². The normalized spacial score (nSPS) is 11.0. The Morgan fingerprint density at radius 3 is 2.55 bits per heavy atom. The van der Waals surface area contributed by atoms with Crippen molar-refractivity contribution < 1.29 is 4.79 Å². The van der Waals surface area contributed by atoms with Gasteiger partial charge in [0.05, 0.1) is 17.5 Å². The number of aryl methyl sites for hydroxylation is 1. The summed E-state index contributed by atoms with van der Waals surface area (Å²) in [7, 11) is 0. The van der Waals surface area contributed by atoms with Crippen molar-refractivity contribution in [2.24, 2.45) is 0 Å². The monoisotopic (exact) mass is 495 g/mol. The van der Waals surface area contributed by atoms with Gasteiger partial charge in [0.15, 0.2) is 0 Å². The first kappa shape index (κ1) is 21.6. The first-order valence-electron chi connectivity index (χ1n) is 10.3. The van der Waals surface area contributed by atoms with Crippen LogP contribution in [0.4, 0.5) is 0 Å². The van der Waals surface area contributed by atoms with Gasteiger partial charge in [0.2, 0.25) is 5.91 Å². The number of carbonyl (C=O) groups is 1. The molecule has 1 N–H and O–H groups in total. The van der Waals surface area contributed by atoms with Crippen LogP contribution in [0.1, 0.15) is 23.4 Å². The standard InChI is InChI=1S/C25H23BrClN3O/c26-20-13-11-18(12-14-20)17-30-23-9-4-3-8-22(23)29-24(30)10-5-15-28-25(31)16-19-6-1-2-7-21(19)27/h1-4,6-9,11-14H,5,10,15-17H2,(H,28,31). The minimum Gasteiger partial charge on any atom is -0.356 e. The molecule has 3 aromatic carbocycles. The summed E-state index contributed by atoms with van der Waals surface area (Å²) < 4.78 is 3.34. The summed E-state index contributed by atoms with van der Waals surface area (Å²) in [4.78, 5) is 17.1. The summed E-state index contributed by atoms with van der Waals surface area (Å²) in [5.74, 6) is 1.01. The smallest absolute Gasteiger partial charge is 0.224 e. The molecule has 0 unspecified atom stereocenters. The fraction of sp³-hybridized carbons (Fsp3) is 0.200. The molecule has 4 nitrogen and oxygen atoms in total. The van der Waals surface area contributed by atoms with Crippen molar-refractivity contribution in [3.05, 3.63) is 99.2 Å². The highest BCUT2D eigenvalue weighted by Crippen LogP contribution is 2.20. The molecule has 1 amide bonds. The Morgan fingerprint density at radius 1 is 1.00 bits per heavy atom. The number of nitrogens with zero attached hydrogens (tertiary/aromatic N) is 2. The average molecular weight is 497 g/mol. The van der Waals surface area contributed by atoms with E-state index in [0.29, 0.717) is 18.0 Å². The summed E-state index contributed by atoms with van der Waals surface area (Å²) in [6.45, 7) is 1.37. The van der Waals surface area contributed by atoms with Gasteiger partial charge in [0.25, 0.3) is 0 Å². The summed E-state index contributed by atoms with van der Waals surface area (Å²) in [5.41, 5.74) is 4.19. The molecule has 0 aliphatic carbocycles. The Morgan fingerprint density at radius 2 is 1.74 bits per heavy atom. The highest BCUT2D eigenvalue weighted by atomic mass is 79.9. The quantitative estimate of drug-likeness (QED) is 0.314. The Labute approximate surface area is 195 Å². The van der Waals surface area contributed by atoms with Crippen LogP contribution in [0, 0.1) is 0 Å². The van der Waals surface area contributed by atoms with Crippen LogP contribution in [-0.4, -0.2) is 22.0 Å². The summed E-state index contributed by atoms with van der Waals surface area (Å²) >= 11 is 9.64. The zero-order valence-electron chi connectivity index (χ0n) is 17.0.